The number of hydrogen-bond acceptors (Lipinski definition) is 0. The van der Waals surface area contributed by atoms with E-state index in [1.807, 2.05) is 0 Å². The fraction of sp³-hybridized carbons (Fsp3) is 0.0667. The highest BCUT2D eigenvalue weighted by Crippen LogP contribution is 2.40. The predicted molar refractivity (Wildman–Crippen MR) is 140 cm³/mol. The summed E-state index contributed by atoms with van der Waals surface area (Å²) in [6, 6.07) is 26.5. The third-order valence-corrected chi connectivity index (χ3v) is 7.29. The second-order valence-electron chi connectivity index (χ2n) is 8.72. The quantitative estimate of drug-likeness (QED) is 0.376. The van der Waals surface area contributed by atoms with E-state index < -0.39 is 0 Å². The molecule has 2 aliphatic rings. The van der Waals surface area contributed by atoms with Gasteiger partial charge in [-0.3, -0.25) is 0 Å². The van der Waals surface area contributed by atoms with Gasteiger partial charge in [-0.15, -0.1) is 0 Å². The van der Waals surface area contributed by atoms with E-state index in [0.717, 1.165) is 10.2 Å². The monoisotopic (exact) mass is 427 g/mol. The number of allylic oxidation sites excluding steroid dienone is 8. The number of hydrogen-bond donors (Lipinski definition) is 0. The second-order valence-corrected chi connectivity index (χ2v) is 9.88. The van der Waals surface area contributed by atoms with E-state index in [-0.39, 0.29) is 0 Å². The molecular weight excluding hydrogens is 402 g/mol. The van der Waals surface area contributed by atoms with Crippen molar-refractivity contribution in [2.75, 3.05) is 0 Å². The maximum Gasteiger partial charge on any atom is 0.0541 e. The van der Waals surface area contributed by atoms with Crippen molar-refractivity contribution in [3.63, 3.8) is 0 Å². The molecule has 0 bridgehead atoms. The van der Waals surface area contributed by atoms with E-state index in [4.69, 9.17) is 0 Å². The third-order valence-electron chi connectivity index (χ3n) is 6.62. The molecule has 6 rings (SSSR count). The highest BCUT2D eigenvalue weighted by atomic mass is 28.1. The van der Waals surface area contributed by atoms with Crippen LogP contribution in [0.4, 0.5) is 0 Å². The van der Waals surface area contributed by atoms with E-state index in [1.165, 1.54) is 44.2 Å². The SMILES string of the molecule is [SiH3]c1ccc(-c2cccc3c(-c4ccccc4)c(C4=CC5C=CC=CC5C=C4)cn23)cc1. The molecule has 0 saturated carbocycles. The Morgan fingerprint density at radius 2 is 1.47 bits per heavy atom. The first-order valence-corrected chi connectivity index (χ1v) is 12.3. The molecule has 2 aromatic heterocycles. The summed E-state index contributed by atoms with van der Waals surface area (Å²) in [6.07, 6.45) is 18.4. The Balaban J connectivity index is 1.59. The summed E-state index contributed by atoms with van der Waals surface area (Å²) in [5.74, 6) is 0.889. The lowest BCUT2D eigenvalue weighted by molar-refractivity contribution is 0.663. The van der Waals surface area contributed by atoms with Crippen molar-refractivity contribution in [2.24, 2.45) is 11.8 Å². The highest BCUT2D eigenvalue weighted by Gasteiger charge is 2.22. The Kier molecular flexibility index (Phi) is 4.66. The average molecular weight is 428 g/mol. The van der Waals surface area contributed by atoms with Gasteiger partial charge in [0.1, 0.15) is 0 Å². The third kappa shape index (κ3) is 3.24. The minimum atomic E-state index is 0.423. The van der Waals surface area contributed by atoms with E-state index in [9.17, 15) is 0 Å². The van der Waals surface area contributed by atoms with Gasteiger partial charge in [0.25, 0.3) is 0 Å². The highest BCUT2D eigenvalue weighted by molar-refractivity contribution is 6.32. The second kappa shape index (κ2) is 7.81. The zero-order valence-electron chi connectivity index (χ0n) is 18.1. The van der Waals surface area contributed by atoms with Crippen LogP contribution in [0.1, 0.15) is 5.56 Å². The molecule has 0 fully saturated rings. The fourth-order valence-electron chi connectivity index (χ4n) is 4.94. The van der Waals surface area contributed by atoms with Crippen LogP contribution < -0.4 is 5.19 Å². The minimum absolute atomic E-state index is 0.423. The molecule has 0 radical (unpaired) electrons. The Morgan fingerprint density at radius 1 is 0.688 bits per heavy atom. The lowest BCUT2D eigenvalue weighted by Crippen LogP contribution is -2.11. The smallest absolute Gasteiger partial charge is 0.0541 e. The summed E-state index contributed by atoms with van der Waals surface area (Å²) in [4.78, 5) is 0. The molecule has 0 aliphatic heterocycles. The number of fused-ring (bicyclic) bond motifs is 2. The van der Waals surface area contributed by atoms with E-state index in [1.54, 1.807) is 0 Å². The fourth-order valence-corrected chi connectivity index (χ4v) is 5.27. The molecular formula is C30H25NSi. The van der Waals surface area contributed by atoms with Crippen molar-refractivity contribution in [2.45, 2.75) is 0 Å². The topological polar surface area (TPSA) is 4.41 Å². The van der Waals surface area contributed by atoms with Gasteiger partial charge in [0.15, 0.2) is 0 Å². The number of nitrogens with zero attached hydrogens (tertiary/aromatic N) is 1. The van der Waals surface area contributed by atoms with Gasteiger partial charge in [-0.1, -0.05) is 108 Å². The van der Waals surface area contributed by atoms with E-state index >= 15 is 0 Å². The lowest BCUT2D eigenvalue weighted by Gasteiger charge is -2.23. The maximum absolute atomic E-state index is 2.43. The molecule has 0 N–H and O–H groups in total. The Labute approximate surface area is 192 Å². The zero-order valence-corrected chi connectivity index (χ0v) is 20.1. The molecule has 2 unspecified atom stereocenters. The van der Waals surface area contributed by atoms with Crippen LogP contribution in [0, 0.1) is 11.8 Å². The van der Waals surface area contributed by atoms with Crippen LogP contribution in [-0.4, -0.2) is 14.6 Å². The first kappa shape index (κ1) is 19.1. The van der Waals surface area contributed by atoms with Crippen molar-refractivity contribution in [1.82, 2.24) is 4.40 Å². The van der Waals surface area contributed by atoms with Crippen molar-refractivity contribution in [3.05, 3.63) is 127 Å². The Hall–Kier alpha value is -3.62. The largest absolute Gasteiger partial charge is 0.315 e. The number of pyridine rings is 1. The van der Waals surface area contributed by atoms with Crippen LogP contribution in [0.2, 0.25) is 0 Å². The molecule has 0 amide bonds. The molecule has 1 nitrogen and oxygen atoms in total. The van der Waals surface area contributed by atoms with Crippen molar-refractivity contribution < 1.29 is 0 Å². The molecule has 32 heavy (non-hydrogen) atoms. The molecule has 0 spiro atoms. The van der Waals surface area contributed by atoms with Crippen LogP contribution in [0.25, 0.3) is 33.5 Å². The van der Waals surface area contributed by atoms with Gasteiger partial charge in [0.2, 0.25) is 0 Å². The van der Waals surface area contributed by atoms with E-state index in [0.29, 0.717) is 11.8 Å². The van der Waals surface area contributed by atoms with Gasteiger partial charge >= 0.3 is 0 Å². The predicted octanol–water partition coefficient (Wildman–Crippen LogP) is 5.58. The first-order valence-electron chi connectivity index (χ1n) is 11.3. The number of aromatic nitrogens is 1. The van der Waals surface area contributed by atoms with Gasteiger partial charge in [-0.25, -0.2) is 0 Å². The molecule has 2 aliphatic carbocycles. The Bertz CT molecular complexity index is 1420. The summed E-state index contributed by atoms with van der Waals surface area (Å²) in [5, 5.41) is 1.42. The van der Waals surface area contributed by atoms with Crippen LogP contribution in [0.5, 0.6) is 0 Å². The molecule has 2 atom stereocenters. The van der Waals surface area contributed by atoms with Crippen molar-refractivity contribution in [1.29, 1.82) is 0 Å². The summed E-state index contributed by atoms with van der Waals surface area (Å²) in [6.45, 7) is 0. The van der Waals surface area contributed by atoms with E-state index in [2.05, 4.69) is 126 Å². The first-order chi connectivity index (χ1) is 15.8. The Morgan fingerprint density at radius 3 is 2.28 bits per heavy atom. The van der Waals surface area contributed by atoms with Gasteiger partial charge < -0.3 is 4.40 Å². The van der Waals surface area contributed by atoms with Crippen LogP contribution in [0.15, 0.2) is 122 Å². The van der Waals surface area contributed by atoms with Crippen molar-refractivity contribution >= 4 is 26.5 Å². The van der Waals surface area contributed by atoms with Crippen LogP contribution >= 0.6 is 0 Å². The molecule has 4 aromatic rings. The summed E-state index contributed by atoms with van der Waals surface area (Å²) in [7, 11) is 1.08. The summed E-state index contributed by atoms with van der Waals surface area (Å²) in [5.41, 5.74) is 8.88. The van der Waals surface area contributed by atoms with Gasteiger partial charge in [0, 0.05) is 39.4 Å². The molecule has 2 heterocycles. The lowest BCUT2D eigenvalue weighted by atomic mass is 9.81. The molecule has 2 heteroatoms. The van der Waals surface area contributed by atoms with Gasteiger partial charge in [-0.05, 0) is 28.8 Å². The van der Waals surface area contributed by atoms with Gasteiger partial charge in [-0.2, -0.15) is 0 Å². The molecule has 0 saturated heterocycles. The average Bonchev–Trinajstić information content (AvgIpc) is 3.25. The van der Waals surface area contributed by atoms with Crippen LogP contribution in [0.3, 0.4) is 0 Å². The number of rotatable bonds is 3. The molecule has 2 aromatic carbocycles. The van der Waals surface area contributed by atoms with Gasteiger partial charge in [0.05, 0.1) is 11.2 Å². The molecule has 154 valence electrons. The summed E-state index contributed by atoms with van der Waals surface area (Å²) < 4.78 is 2.37. The maximum atomic E-state index is 2.43. The summed E-state index contributed by atoms with van der Waals surface area (Å²) >= 11 is 0. The standard InChI is InChI=1S/C30H25NSi/c32-26-17-15-22(16-18-26)28-11-6-12-29-30(23-8-2-1-3-9-23)27(20-31(28)29)25-14-13-21-7-4-5-10-24(21)19-25/h1-21,24H,32H3. The minimum Gasteiger partial charge on any atom is -0.315 e. The number of benzene rings is 2. The van der Waals surface area contributed by atoms with Crippen LogP contribution in [-0.2, 0) is 0 Å². The van der Waals surface area contributed by atoms with Crippen molar-refractivity contribution in [3.8, 4) is 22.4 Å². The zero-order chi connectivity index (χ0) is 21.5. The normalized spacial score (nSPS) is 19.3.